The van der Waals surface area contributed by atoms with Crippen LogP contribution in [0.1, 0.15) is 63.6 Å². The molecule has 0 heterocycles. The zero-order chi connectivity index (χ0) is 20.9. The van der Waals surface area contributed by atoms with Crippen LogP contribution in [0.15, 0.2) is 21.8 Å². The number of oxime groups is 1. The van der Waals surface area contributed by atoms with Crippen LogP contribution in [0.5, 0.6) is 11.5 Å². The number of ether oxygens (including phenoxy) is 2. The Kier molecular flexibility index (Phi) is 12.1. The summed E-state index contributed by atoms with van der Waals surface area (Å²) < 4.78 is 12.3. The van der Waals surface area contributed by atoms with Crippen molar-refractivity contribution in [1.82, 2.24) is 0 Å². The van der Waals surface area contributed by atoms with Crippen LogP contribution < -0.4 is 9.47 Å². The molecule has 28 heavy (non-hydrogen) atoms. The van der Waals surface area contributed by atoms with Crippen LogP contribution in [0.3, 0.4) is 0 Å². The second-order valence-electron chi connectivity index (χ2n) is 6.76. The molecule has 4 nitrogen and oxygen atoms in total. The molecular formula is C22H33Cl2NO3. The van der Waals surface area contributed by atoms with Crippen LogP contribution >= 0.6 is 23.2 Å². The topological polar surface area (TPSA) is 40.0 Å². The molecule has 0 aromatic heterocycles. The quantitative estimate of drug-likeness (QED) is 0.197. The van der Waals surface area contributed by atoms with Crippen LogP contribution in [0, 0.1) is 6.92 Å². The third kappa shape index (κ3) is 8.74. The third-order valence-electron chi connectivity index (χ3n) is 4.28. The molecule has 0 atom stereocenters. The van der Waals surface area contributed by atoms with Crippen LogP contribution in [0.4, 0.5) is 0 Å². The molecular weight excluding hydrogens is 397 g/mol. The first-order valence-electron chi connectivity index (χ1n) is 9.95. The summed E-state index contributed by atoms with van der Waals surface area (Å²) in [6.45, 7) is 11.9. The summed E-state index contributed by atoms with van der Waals surface area (Å²) in [4.78, 5) is 5.22. The van der Waals surface area contributed by atoms with Crippen molar-refractivity contribution in [3.8, 4) is 11.5 Å². The minimum absolute atomic E-state index is 0.214. The Morgan fingerprint density at radius 3 is 2.36 bits per heavy atom. The van der Waals surface area contributed by atoms with Gasteiger partial charge < -0.3 is 14.3 Å². The highest BCUT2D eigenvalue weighted by Gasteiger charge is 2.16. The van der Waals surface area contributed by atoms with Crippen LogP contribution in [-0.4, -0.2) is 25.5 Å². The van der Waals surface area contributed by atoms with E-state index in [0.29, 0.717) is 19.8 Å². The predicted molar refractivity (Wildman–Crippen MR) is 119 cm³/mol. The van der Waals surface area contributed by atoms with Gasteiger partial charge in [-0.2, -0.15) is 0 Å². The minimum atomic E-state index is 0.214. The first kappa shape index (κ1) is 24.6. The van der Waals surface area contributed by atoms with E-state index in [0.717, 1.165) is 60.4 Å². The standard InChI is InChI=1S/C22H33Cl2NO3/c1-6-18-15-20(26-14-11-21(23)24)17(5)19(7-2)22(18)27-12-9-8-10-13-28-25-16(3)4/h11,15H,6-10,12-14H2,1-5H3. The van der Waals surface area contributed by atoms with E-state index in [9.17, 15) is 0 Å². The summed E-state index contributed by atoms with van der Waals surface area (Å²) >= 11 is 11.3. The molecule has 0 fully saturated rings. The van der Waals surface area contributed by atoms with Crippen molar-refractivity contribution in [2.75, 3.05) is 19.8 Å². The maximum atomic E-state index is 6.20. The number of unbranched alkanes of at least 4 members (excludes halogenated alkanes) is 2. The Hall–Kier alpha value is -1.39. The lowest BCUT2D eigenvalue weighted by Gasteiger charge is -2.20. The Labute approximate surface area is 179 Å². The smallest absolute Gasteiger partial charge is 0.126 e. The number of hydrogen-bond donors (Lipinski definition) is 0. The Morgan fingerprint density at radius 1 is 1.04 bits per heavy atom. The maximum Gasteiger partial charge on any atom is 0.126 e. The second kappa shape index (κ2) is 13.7. The van der Waals surface area contributed by atoms with E-state index < -0.39 is 0 Å². The van der Waals surface area contributed by atoms with Crippen molar-refractivity contribution in [1.29, 1.82) is 0 Å². The van der Waals surface area contributed by atoms with E-state index in [1.54, 1.807) is 6.08 Å². The lowest BCUT2D eigenvalue weighted by atomic mass is 9.98. The summed E-state index contributed by atoms with van der Waals surface area (Å²) in [7, 11) is 0. The maximum absolute atomic E-state index is 6.20. The average Bonchev–Trinajstić information content (AvgIpc) is 2.64. The van der Waals surface area contributed by atoms with E-state index in [4.69, 9.17) is 37.5 Å². The molecule has 1 aromatic rings. The fraction of sp³-hybridized carbons (Fsp3) is 0.591. The zero-order valence-electron chi connectivity index (χ0n) is 17.7. The van der Waals surface area contributed by atoms with Gasteiger partial charge in [-0.25, -0.2) is 0 Å². The van der Waals surface area contributed by atoms with E-state index in [1.807, 2.05) is 13.8 Å². The molecule has 0 bridgehead atoms. The highest BCUT2D eigenvalue weighted by molar-refractivity contribution is 6.55. The Balaban J connectivity index is 2.68. The van der Waals surface area contributed by atoms with Crippen LogP contribution in [0.25, 0.3) is 0 Å². The molecule has 0 aliphatic heterocycles. The van der Waals surface area contributed by atoms with Crippen LogP contribution in [-0.2, 0) is 17.7 Å². The fourth-order valence-electron chi connectivity index (χ4n) is 2.85. The van der Waals surface area contributed by atoms with Gasteiger partial charge in [-0.1, -0.05) is 42.2 Å². The van der Waals surface area contributed by atoms with Gasteiger partial charge in [0.2, 0.25) is 0 Å². The van der Waals surface area contributed by atoms with Gasteiger partial charge in [-0.05, 0) is 76.1 Å². The number of halogens is 2. The molecule has 0 unspecified atom stereocenters. The van der Waals surface area contributed by atoms with Gasteiger partial charge >= 0.3 is 0 Å². The van der Waals surface area contributed by atoms with Gasteiger partial charge in [0, 0.05) is 5.56 Å². The van der Waals surface area contributed by atoms with Gasteiger partial charge in [0.25, 0.3) is 0 Å². The molecule has 0 amide bonds. The van der Waals surface area contributed by atoms with Crippen molar-refractivity contribution < 1.29 is 14.3 Å². The minimum Gasteiger partial charge on any atom is -0.493 e. The first-order chi connectivity index (χ1) is 13.4. The summed E-state index contributed by atoms with van der Waals surface area (Å²) in [6, 6.07) is 2.07. The molecule has 0 radical (unpaired) electrons. The third-order valence-corrected chi connectivity index (χ3v) is 4.59. The molecule has 0 aliphatic rings. The number of hydrogen-bond acceptors (Lipinski definition) is 4. The molecule has 6 heteroatoms. The number of nitrogens with zero attached hydrogens (tertiary/aromatic N) is 1. The number of rotatable bonds is 13. The summed E-state index contributed by atoms with van der Waals surface area (Å²) in [6.07, 6.45) is 6.42. The molecule has 1 aromatic carbocycles. The molecule has 0 aliphatic carbocycles. The van der Waals surface area contributed by atoms with E-state index >= 15 is 0 Å². The second-order valence-corrected chi connectivity index (χ2v) is 7.77. The zero-order valence-corrected chi connectivity index (χ0v) is 19.3. The average molecular weight is 430 g/mol. The number of benzene rings is 1. The first-order valence-corrected chi connectivity index (χ1v) is 10.7. The molecule has 0 N–H and O–H groups in total. The Morgan fingerprint density at radius 2 is 1.75 bits per heavy atom. The van der Waals surface area contributed by atoms with Gasteiger partial charge in [0.1, 0.15) is 29.2 Å². The molecule has 0 spiro atoms. The molecule has 1 rings (SSSR count). The van der Waals surface area contributed by atoms with Crippen molar-refractivity contribution in [3.05, 3.63) is 33.3 Å². The molecule has 0 saturated carbocycles. The van der Waals surface area contributed by atoms with Gasteiger partial charge in [-0.3, -0.25) is 0 Å². The lowest BCUT2D eigenvalue weighted by molar-refractivity contribution is 0.138. The van der Waals surface area contributed by atoms with Crippen molar-refractivity contribution in [2.24, 2.45) is 5.16 Å². The van der Waals surface area contributed by atoms with Crippen molar-refractivity contribution in [2.45, 2.75) is 66.7 Å². The van der Waals surface area contributed by atoms with E-state index in [1.165, 1.54) is 5.56 Å². The highest BCUT2D eigenvalue weighted by atomic mass is 35.5. The summed E-state index contributed by atoms with van der Waals surface area (Å²) in [5.41, 5.74) is 4.41. The summed E-state index contributed by atoms with van der Waals surface area (Å²) in [5, 5.41) is 3.94. The SMILES string of the molecule is CCc1cc(OCC=C(Cl)Cl)c(C)c(CC)c1OCCCCCON=C(C)C. The lowest BCUT2D eigenvalue weighted by Crippen LogP contribution is -2.07. The van der Waals surface area contributed by atoms with Gasteiger partial charge in [0.05, 0.1) is 12.3 Å². The Bertz CT molecular complexity index is 664. The largest absolute Gasteiger partial charge is 0.493 e. The summed E-state index contributed by atoms with van der Waals surface area (Å²) in [5.74, 6) is 1.86. The van der Waals surface area contributed by atoms with Crippen molar-refractivity contribution in [3.63, 3.8) is 0 Å². The normalized spacial score (nSPS) is 10.4. The highest BCUT2D eigenvalue weighted by Crippen LogP contribution is 2.35. The van der Waals surface area contributed by atoms with Gasteiger partial charge in [0.15, 0.2) is 0 Å². The monoisotopic (exact) mass is 429 g/mol. The fourth-order valence-corrected chi connectivity index (χ4v) is 2.98. The molecule has 0 saturated heterocycles. The number of aryl methyl sites for hydroxylation is 1. The van der Waals surface area contributed by atoms with Gasteiger partial charge in [-0.15, -0.1) is 0 Å². The predicted octanol–water partition coefficient (Wildman–Crippen LogP) is 6.78. The van der Waals surface area contributed by atoms with Crippen molar-refractivity contribution >= 4 is 28.9 Å². The molecule has 158 valence electrons. The van der Waals surface area contributed by atoms with Crippen LogP contribution in [0.2, 0.25) is 0 Å². The van der Waals surface area contributed by atoms with E-state index in [2.05, 4.69) is 32.0 Å². The van der Waals surface area contributed by atoms with E-state index in [-0.39, 0.29) is 4.49 Å².